The van der Waals surface area contributed by atoms with E-state index in [1.165, 1.54) is 6.20 Å². The van der Waals surface area contributed by atoms with Gasteiger partial charge in [-0.1, -0.05) is 25.4 Å². The number of hydrogen-bond acceptors (Lipinski definition) is 7. The van der Waals surface area contributed by atoms with E-state index in [-0.39, 0.29) is 22.3 Å². The van der Waals surface area contributed by atoms with Crippen molar-refractivity contribution in [2.45, 2.75) is 32.1 Å². The lowest BCUT2D eigenvalue weighted by atomic mass is 9.80. The number of nitrogens with two attached hydrogens (primary N) is 1. The molecule has 0 saturated carbocycles. The fourth-order valence-electron chi connectivity index (χ4n) is 3.83. The summed E-state index contributed by atoms with van der Waals surface area (Å²) in [6.07, 6.45) is 2.69. The number of hydrogen-bond donors (Lipinski definition) is 5. The molecule has 0 bridgehead atoms. The lowest BCUT2D eigenvalue weighted by molar-refractivity contribution is -0.116. The van der Waals surface area contributed by atoms with Gasteiger partial charge in [0.05, 0.1) is 17.4 Å². The van der Waals surface area contributed by atoms with Crippen LogP contribution < -0.4 is 27.0 Å². The van der Waals surface area contributed by atoms with E-state index in [2.05, 4.69) is 45.1 Å². The Kier molecular flexibility index (Phi) is 6.30. The van der Waals surface area contributed by atoms with Crippen molar-refractivity contribution in [2.24, 2.45) is 0 Å². The molecule has 0 fully saturated rings. The van der Waals surface area contributed by atoms with Crippen molar-refractivity contribution in [2.75, 3.05) is 28.7 Å². The highest BCUT2D eigenvalue weighted by atomic mass is 35.5. The molecule has 0 atom stereocenters. The minimum Gasteiger partial charge on any atom is -0.399 e. The highest BCUT2D eigenvalue weighted by molar-refractivity contribution is 6.33. The summed E-state index contributed by atoms with van der Waals surface area (Å²) in [5.74, 6) is 0.373. The van der Waals surface area contributed by atoms with E-state index >= 15 is 0 Å². The number of nitrogens with zero attached hydrogens (tertiary/aromatic N) is 2. The Balaban J connectivity index is 1.63. The Morgan fingerprint density at radius 1 is 1.18 bits per heavy atom. The van der Waals surface area contributed by atoms with E-state index in [4.69, 9.17) is 17.3 Å². The topological polar surface area (TPSA) is 134 Å². The lowest BCUT2D eigenvalue weighted by Crippen LogP contribution is -2.19. The molecule has 4 rings (SSSR count). The molecule has 176 valence electrons. The fraction of sp³-hybridized carbons (Fsp3) is 0.250. The quantitative estimate of drug-likeness (QED) is 0.338. The second-order valence-corrected chi connectivity index (χ2v) is 9.12. The molecular weight excluding hydrogens is 454 g/mol. The van der Waals surface area contributed by atoms with E-state index in [0.717, 1.165) is 23.4 Å². The van der Waals surface area contributed by atoms with Crippen LogP contribution in [0.25, 0.3) is 0 Å². The molecule has 6 N–H and O–H groups in total. The number of amides is 2. The Hall–Kier alpha value is -3.85. The van der Waals surface area contributed by atoms with Gasteiger partial charge in [-0.3, -0.25) is 9.59 Å². The minimum absolute atomic E-state index is 0.0157. The maximum absolute atomic E-state index is 12.2. The number of aromatic nitrogens is 2. The van der Waals surface area contributed by atoms with Crippen molar-refractivity contribution < 1.29 is 9.59 Å². The molecule has 10 heteroatoms. The molecule has 2 heterocycles. The predicted molar refractivity (Wildman–Crippen MR) is 135 cm³/mol. The van der Waals surface area contributed by atoms with Crippen LogP contribution in [0.2, 0.25) is 5.02 Å². The summed E-state index contributed by atoms with van der Waals surface area (Å²) in [5.41, 5.74) is 9.70. The van der Waals surface area contributed by atoms with Gasteiger partial charge >= 0.3 is 0 Å². The van der Waals surface area contributed by atoms with Gasteiger partial charge in [0.25, 0.3) is 5.91 Å². The molecule has 3 aromatic rings. The van der Waals surface area contributed by atoms with Crippen LogP contribution in [0.15, 0.2) is 42.6 Å². The smallest absolute Gasteiger partial charge is 0.253 e. The predicted octanol–water partition coefficient (Wildman–Crippen LogP) is 4.57. The summed E-state index contributed by atoms with van der Waals surface area (Å²) in [6, 6.07) is 10.6. The van der Waals surface area contributed by atoms with Crippen LogP contribution in [0.5, 0.6) is 0 Å². The first-order chi connectivity index (χ1) is 16.2. The van der Waals surface area contributed by atoms with Crippen LogP contribution >= 0.6 is 11.6 Å². The SMILES string of the molecule is CNC(=O)c1ccc(N)cc1Nc1nc(Nc2ccc3c(c2)C(C)(C)CCC(=O)N3)ncc1Cl. The van der Waals surface area contributed by atoms with Gasteiger partial charge in [0, 0.05) is 30.5 Å². The van der Waals surface area contributed by atoms with Crippen LogP contribution in [0.3, 0.4) is 0 Å². The van der Waals surface area contributed by atoms with Gasteiger partial charge in [0.2, 0.25) is 11.9 Å². The molecule has 0 unspecified atom stereocenters. The first-order valence-corrected chi connectivity index (χ1v) is 11.2. The van der Waals surface area contributed by atoms with Crippen molar-refractivity contribution in [3.8, 4) is 0 Å². The van der Waals surface area contributed by atoms with E-state index in [1.54, 1.807) is 25.2 Å². The van der Waals surface area contributed by atoms with Crippen LogP contribution in [-0.2, 0) is 10.2 Å². The number of rotatable bonds is 5. The monoisotopic (exact) mass is 479 g/mol. The number of nitrogens with one attached hydrogen (secondary N) is 4. The summed E-state index contributed by atoms with van der Waals surface area (Å²) in [7, 11) is 1.55. The molecule has 0 saturated heterocycles. The van der Waals surface area contributed by atoms with Gasteiger partial charge in [-0.05, 0) is 53.8 Å². The van der Waals surface area contributed by atoms with E-state index in [0.29, 0.717) is 35.1 Å². The first kappa shape index (κ1) is 23.3. The van der Waals surface area contributed by atoms with Crippen molar-refractivity contribution in [1.82, 2.24) is 15.3 Å². The molecule has 0 spiro atoms. The average Bonchev–Trinajstić information content (AvgIpc) is 2.91. The average molecular weight is 480 g/mol. The third-order valence-corrected chi connectivity index (χ3v) is 6.05. The van der Waals surface area contributed by atoms with Gasteiger partial charge in [0.1, 0.15) is 5.02 Å². The second kappa shape index (κ2) is 9.18. The van der Waals surface area contributed by atoms with E-state index < -0.39 is 0 Å². The van der Waals surface area contributed by atoms with Crippen LogP contribution in [0, 0.1) is 0 Å². The zero-order valence-electron chi connectivity index (χ0n) is 19.1. The van der Waals surface area contributed by atoms with Crippen molar-refractivity contribution in [3.05, 3.63) is 58.7 Å². The normalized spacial score (nSPS) is 14.4. The van der Waals surface area contributed by atoms with Crippen LogP contribution in [-0.4, -0.2) is 28.8 Å². The molecular formula is C24H26ClN7O2. The number of carbonyl (C=O) groups is 2. The number of fused-ring (bicyclic) bond motifs is 1. The Labute approximate surface area is 202 Å². The maximum atomic E-state index is 12.2. The number of nitrogen functional groups attached to an aromatic ring is 1. The molecule has 0 radical (unpaired) electrons. The highest BCUT2D eigenvalue weighted by Crippen LogP contribution is 2.38. The number of benzene rings is 2. The molecule has 34 heavy (non-hydrogen) atoms. The van der Waals surface area contributed by atoms with Gasteiger partial charge in [-0.15, -0.1) is 0 Å². The number of halogens is 1. The summed E-state index contributed by atoms with van der Waals surface area (Å²) in [5, 5.41) is 12.1. The zero-order valence-corrected chi connectivity index (χ0v) is 19.9. The second-order valence-electron chi connectivity index (χ2n) is 8.72. The molecule has 1 aliphatic heterocycles. The number of anilines is 6. The lowest BCUT2D eigenvalue weighted by Gasteiger charge is -2.25. The largest absolute Gasteiger partial charge is 0.399 e. The molecule has 1 aromatic heterocycles. The summed E-state index contributed by atoms with van der Waals surface area (Å²) in [6.45, 7) is 4.23. The van der Waals surface area contributed by atoms with Crippen LogP contribution in [0.1, 0.15) is 42.6 Å². The van der Waals surface area contributed by atoms with Crippen molar-refractivity contribution >= 4 is 57.9 Å². The van der Waals surface area contributed by atoms with Gasteiger partial charge in [-0.2, -0.15) is 4.98 Å². The molecule has 9 nitrogen and oxygen atoms in total. The molecule has 2 amide bonds. The first-order valence-electron chi connectivity index (χ1n) is 10.8. The van der Waals surface area contributed by atoms with Gasteiger partial charge in [-0.25, -0.2) is 4.98 Å². The Morgan fingerprint density at radius 2 is 1.97 bits per heavy atom. The Bertz CT molecular complexity index is 1280. The van der Waals surface area contributed by atoms with E-state index in [9.17, 15) is 9.59 Å². The molecule has 2 aromatic carbocycles. The summed E-state index contributed by atoms with van der Waals surface area (Å²) < 4.78 is 0. The molecule has 0 aliphatic carbocycles. The minimum atomic E-state index is -0.272. The highest BCUT2D eigenvalue weighted by Gasteiger charge is 2.28. The maximum Gasteiger partial charge on any atom is 0.253 e. The van der Waals surface area contributed by atoms with Crippen LogP contribution in [0.4, 0.5) is 34.5 Å². The zero-order chi connectivity index (χ0) is 24.5. The number of carbonyl (C=O) groups excluding carboxylic acids is 2. The standard InChI is InChI=1S/C24H26ClN7O2/c1-24(2)9-8-20(33)30-18-7-5-14(11-16(18)24)29-23-28-12-17(25)21(32-23)31-19-10-13(26)4-6-15(19)22(34)27-3/h4-7,10-12H,8-9,26H2,1-3H3,(H,27,34)(H,30,33)(H2,28,29,31,32). The van der Waals surface area contributed by atoms with E-state index in [1.807, 2.05) is 18.2 Å². The third-order valence-electron chi connectivity index (χ3n) is 5.77. The molecule has 1 aliphatic rings. The van der Waals surface area contributed by atoms with Crippen molar-refractivity contribution in [3.63, 3.8) is 0 Å². The summed E-state index contributed by atoms with van der Waals surface area (Å²) in [4.78, 5) is 33.1. The fourth-order valence-corrected chi connectivity index (χ4v) is 3.97. The van der Waals surface area contributed by atoms with Crippen molar-refractivity contribution in [1.29, 1.82) is 0 Å². The van der Waals surface area contributed by atoms with Gasteiger partial charge in [0.15, 0.2) is 5.82 Å². The van der Waals surface area contributed by atoms with Gasteiger partial charge < -0.3 is 27.0 Å². The summed E-state index contributed by atoms with van der Waals surface area (Å²) >= 11 is 6.33. The third kappa shape index (κ3) is 4.89. The Morgan fingerprint density at radius 3 is 2.74 bits per heavy atom.